The number of nitrogens with zero attached hydrogens (tertiary/aromatic N) is 4. The highest BCUT2D eigenvalue weighted by Gasteiger charge is 2.32. The van der Waals surface area contributed by atoms with Gasteiger partial charge in [-0.15, -0.1) is 0 Å². The molecule has 0 aromatic carbocycles. The molecule has 0 saturated carbocycles. The first-order valence-electron chi connectivity index (χ1n) is 8.99. The number of ether oxygens (including phenoxy) is 2. The number of imidazole rings is 1. The molecule has 26 heavy (non-hydrogen) atoms. The van der Waals surface area contributed by atoms with Crippen molar-refractivity contribution in [3.8, 4) is 0 Å². The highest BCUT2D eigenvalue weighted by molar-refractivity contribution is 5.62. The van der Waals surface area contributed by atoms with Crippen LogP contribution < -0.4 is 5.32 Å². The molecule has 0 bridgehead atoms. The Labute approximate surface area is 151 Å². The van der Waals surface area contributed by atoms with Crippen LogP contribution in [0.4, 0.5) is 11.6 Å². The predicted octanol–water partition coefficient (Wildman–Crippen LogP) is 1.39. The molecule has 2 atom stereocenters. The van der Waals surface area contributed by atoms with Crippen LogP contribution in [0, 0.1) is 16.0 Å². The largest absolute Gasteiger partial charge is 0.381 e. The highest BCUT2D eigenvalue weighted by atomic mass is 16.6. The summed E-state index contributed by atoms with van der Waals surface area (Å²) < 4.78 is 12.5. The molecule has 2 aromatic heterocycles. The number of nitrogens with one attached hydrogen (secondary N) is 1. The zero-order valence-electron chi connectivity index (χ0n) is 14.5. The minimum atomic E-state index is -0.384. The lowest BCUT2D eigenvalue weighted by Crippen LogP contribution is -2.50. The smallest absolute Gasteiger partial charge is 0.372 e. The van der Waals surface area contributed by atoms with Crippen LogP contribution in [0.1, 0.15) is 6.42 Å². The summed E-state index contributed by atoms with van der Waals surface area (Å²) >= 11 is 0. The van der Waals surface area contributed by atoms with Crippen molar-refractivity contribution in [2.75, 3.05) is 51.4 Å². The van der Waals surface area contributed by atoms with E-state index >= 15 is 0 Å². The molecule has 9 heteroatoms. The van der Waals surface area contributed by atoms with E-state index in [1.54, 1.807) is 18.3 Å². The fraction of sp³-hybridized carbons (Fsp3) is 0.588. The van der Waals surface area contributed by atoms with Gasteiger partial charge in [0.1, 0.15) is 0 Å². The average Bonchev–Trinajstić information content (AvgIpc) is 3.30. The van der Waals surface area contributed by atoms with Gasteiger partial charge in [-0.1, -0.05) is 6.07 Å². The van der Waals surface area contributed by atoms with Gasteiger partial charge < -0.3 is 24.9 Å². The fourth-order valence-corrected chi connectivity index (χ4v) is 3.84. The second kappa shape index (κ2) is 7.56. The maximum Gasteiger partial charge on any atom is 0.372 e. The van der Waals surface area contributed by atoms with Crippen LogP contribution in [-0.2, 0) is 9.47 Å². The van der Waals surface area contributed by atoms with Gasteiger partial charge in [0.25, 0.3) is 0 Å². The normalized spacial score (nSPS) is 22.5. The van der Waals surface area contributed by atoms with Crippen molar-refractivity contribution in [3.05, 3.63) is 34.5 Å². The summed E-state index contributed by atoms with van der Waals surface area (Å²) in [5, 5.41) is 14.8. The van der Waals surface area contributed by atoms with E-state index in [2.05, 4.69) is 15.2 Å². The predicted molar refractivity (Wildman–Crippen MR) is 95.4 cm³/mol. The summed E-state index contributed by atoms with van der Waals surface area (Å²) in [5.41, 5.74) is 0.564. The Morgan fingerprint density at radius 3 is 2.88 bits per heavy atom. The summed E-state index contributed by atoms with van der Waals surface area (Å²) in [5.74, 6) is 0.707. The summed E-state index contributed by atoms with van der Waals surface area (Å²) in [4.78, 5) is 18.0. The molecule has 2 aromatic rings. The standard InChI is InChI=1S/C17H23N5O4/c23-22(24)17-16(19-15-3-1-2-5-21(15)17)18-11-14(13-4-8-26-12-13)20-6-9-25-10-7-20/h1-3,5,13-14,18H,4,6-12H2/t13-,14-/m1/s1. The third kappa shape index (κ3) is 3.37. The molecule has 1 N–H and O–H groups in total. The summed E-state index contributed by atoms with van der Waals surface area (Å²) in [6.45, 7) is 5.29. The van der Waals surface area contributed by atoms with Gasteiger partial charge in [0.15, 0.2) is 0 Å². The molecular weight excluding hydrogens is 338 g/mol. The van der Waals surface area contributed by atoms with Crippen molar-refractivity contribution in [2.24, 2.45) is 5.92 Å². The molecule has 0 aliphatic carbocycles. The number of pyridine rings is 1. The van der Waals surface area contributed by atoms with Crippen molar-refractivity contribution in [1.82, 2.24) is 14.3 Å². The molecule has 9 nitrogen and oxygen atoms in total. The second-order valence-corrected chi connectivity index (χ2v) is 6.69. The first-order chi connectivity index (χ1) is 12.7. The first-order valence-corrected chi connectivity index (χ1v) is 8.99. The Morgan fingerprint density at radius 2 is 2.15 bits per heavy atom. The Hall–Kier alpha value is -2.23. The fourth-order valence-electron chi connectivity index (χ4n) is 3.84. The van der Waals surface area contributed by atoms with Gasteiger partial charge >= 0.3 is 5.82 Å². The molecule has 4 heterocycles. The molecule has 0 spiro atoms. The Balaban J connectivity index is 1.56. The number of fused-ring (bicyclic) bond motifs is 1. The van der Waals surface area contributed by atoms with Crippen LogP contribution in [0.3, 0.4) is 0 Å². The van der Waals surface area contributed by atoms with Crippen LogP contribution in [0.25, 0.3) is 5.65 Å². The van der Waals surface area contributed by atoms with Gasteiger partial charge in [-0.25, -0.2) is 0 Å². The molecule has 2 aliphatic heterocycles. The van der Waals surface area contributed by atoms with Gasteiger partial charge in [0.2, 0.25) is 11.5 Å². The van der Waals surface area contributed by atoms with Crippen LogP contribution in [0.2, 0.25) is 0 Å². The zero-order valence-corrected chi connectivity index (χ0v) is 14.5. The number of aromatic nitrogens is 2. The SMILES string of the molecule is O=[N+]([O-])c1c(NC[C@H]([C@@H]2CCOC2)N2CCOCC2)nc2ccccn12. The number of anilines is 1. The lowest BCUT2D eigenvalue weighted by atomic mass is 9.97. The quantitative estimate of drug-likeness (QED) is 0.614. The van der Waals surface area contributed by atoms with E-state index in [1.807, 2.05) is 6.07 Å². The maximum absolute atomic E-state index is 11.6. The van der Waals surface area contributed by atoms with Gasteiger partial charge in [-0.3, -0.25) is 4.90 Å². The van der Waals surface area contributed by atoms with E-state index in [9.17, 15) is 10.1 Å². The van der Waals surface area contributed by atoms with E-state index in [0.29, 0.717) is 23.9 Å². The van der Waals surface area contributed by atoms with E-state index in [-0.39, 0.29) is 16.8 Å². The number of hydrogen-bond donors (Lipinski definition) is 1. The molecule has 2 saturated heterocycles. The Kier molecular flexibility index (Phi) is 5.00. The third-order valence-corrected chi connectivity index (χ3v) is 5.18. The molecule has 2 aliphatic rings. The highest BCUT2D eigenvalue weighted by Crippen LogP contribution is 2.27. The van der Waals surface area contributed by atoms with Crippen LogP contribution >= 0.6 is 0 Å². The number of hydrogen-bond acceptors (Lipinski definition) is 7. The van der Waals surface area contributed by atoms with Gasteiger partial charge in [-0.2, -0.15) is 9.38 Å². The van der Waals surface area contributed by atoms with Gasteiger partial charge in [-0.05, 0) is 17.4 Å². The summed E-state index contributed by atoms with van der Waals surface area (Å²) in [6.07, 6.45) is 2.67. The lowest BCUT2D eigenvalue weighted by Gasteiger charge is -2.37. The van der Waals surface area contributed by atoms with Gasteiger partial charge in [0.05, 0.1) is 26.0 Å². The van der Waals surface area contributed by atoms with Crippen molar-refractivity contribution < 1.29 is 14.4 Å². The van der Waals surface area contributed by atoms with Crippen molar-refractivity contribution in [3.63, 3.8) is 0 Å². The monoisotopic (exact) mass is 361 g/mol. The third-order valence-electron chi connectivity index (χ3n) is 5.18. The topological polar surface area (TPSA) is 94.2 Å². The molecule has 0 radical (unpaired) electrons. The summed E-state index contributed by atoms with van der Waals surface area (Å²) in [7, 11) is 0. The van der Waals surface area contributed by atoms with Crippen molar-refractivity contribution in [2.45, 2.75) is 12.5 Å². The average molecular weight is 361 g/mol. The number of rotatable bonds is 6. The first kappa shape index (κ1) is 17.2. The van der Waals surface area contributed by atoms with E-state index < -0.39 is 0 Å². The number of morpholine rings is 1. The number of nitro groups is 1. The second-order valence-electron chi connectivity index (χ2n) is 6.69. The molecular formula is C17H23N5O4. The molecule has 2 fully saturated rings. The molecule has 0 unspecified atom stereocenters. The zero-order chi connectivity index (χ0) is 17.9. The maximum atomic E-state index is 11.6. The van der Waals surface area contributed by atoms with E-state index in [0.717, 1.165) is 45.9 Å². The molecule has 140 valence electrons. The van der Waals surface area contributed by atoms with E-state index in [1.165, 1.54) is 4.40 Å². The van der Waals surface area contributed by atoms with Crippen LogP contribution in [0.15, 0.2) is 24.4 Å². The lowest BCUT2D eigenvalue weighted by molar-refractivity contribution is -0.389. The van der Waals surface area contributed by atoms with Crippen molar-refractivity contribution in [1.29, 1.82) is 0 Å². The van der Waals surface area contributed by atoms with Gasteiger partial charge in [0, 0.05) is 44.3 Å². The minimum absolute atomic E-state index is 0.0241. The summed E-state index contributed by atoms with van der Waals surface area (Å²) in [6, 6.07) is 5.59. The van der Waals surface area contributed by atoms with E-state index in [4.69, 9.17) is 9.47 Å². The van der Waals surface area contributed by atoms with Crippen molar-refractivity contribution >= 4 is 17.3 Å². The molecule has 4 rings (SSSR count). The molecule has 0 amide bonds. The van der Waals surface area contributed by atoms with Crippen LogP contribution in [0.5, 0.6) is 0 Å². The Bertz CT molecular complexity index is 768. The minimum Gasteiger partial charge on any atom is -0.381 e. The Morgan fingerprint density at radius 1 is 1.31 bits per heavy atom. The van der Waals surface area contributed by atoms with Crippen LogP contribution in [-0.4, -0.2) is 71.3 Å².